The highest BCUT2D eigenvalue weighted by Gasteiger charge is 1.97. The summed E-state index contributed by atoms with van der Waals surface area (Å²) in [4.78, 5) is 0. The van der Waals surface area contributed by atoms with Crippen LogP contribution in [0.15, 0.2) is 24.3 Å². The third-order valence-corrected chi connectivity index (χ3v) is 1.87. The molecule has 0 nitrogen and oxygen atoms in total. The summed E-state index contributed by atoms with van der Waals surface area (Å²) in [5, 5.41) is 0. The van der Waals surface area contributed by atoms with Gasteiger partial charge in [0.15, 0.2) is 0 Å². The molecule has 0 aromatic rings. The van der Waals surface area contributed by atoms with Gasteiger partial charge in [0, 0.05) is 0 Å². The minimum absolute atomic E-state index is 0.788. The lowest BCUT2D eigenvalue weighted by Gasteiger charge is -2.05. The first kappa shape index (κ1) is 10.5. The first-order chi connectivity index (χ1) is 5.35. The molecule has 0 rings (SSSR count). The smallest absolute Gasteiger partial charge is 0.0233 e. The molecule has 0 aliphatic carbocycles. The van der Waals surface area contributed by atoms with E-state index in [9.17, 15) is 0 Å². The van der Waals surface area contributed by atoms with Crippen LogP contribution in [0.5, 0.6) is 0 Å². The molecule has 0 aliphatic rings. The lowest BCUT2D eigenvalue weighted by molar-refractivity contribution is 0.563. The highest BCUT2D eigenvalue weighted by Crippen LogP contribution is 2.11. The molecule has 0 bridgehead atoms. The van der Waals surface area contributed by atoms with Gasteiger partial charge in [0.25, 0.3) is 0 Å². The standard InChI is InChI=1S/C11H20/c1-4-7-8-10-11(6-3)9-5-2/h4,7-8,10-11H,5-6,9H2,1-3H3. The summed E-state index contributed by atoms with van der Waals surface area (Å²) in [6.07, 6.45) is 12.5. The predicted molar refractivity (Wildman–Crippen MR) is 52.6 cm³/mol. The van der Waals surface area contributed by atoms with Crippen LogP contribution < -0.4 is 0 Å². The molecule has 0 aliphatic heterocycles. The van der Waals surface area contributed by atoms with Crippen molar-refractivity contribution in [3.05, 3.63) is 24.3 Å². The van der Waals surface area contributed by atoms with Gasteiger partial charge in [-0.05, 0) is 25.7 Å². The summed E-state index contributed by atoms with van der Waals surface area (Å²) in [5.74, 6) is 0.788. The van der Waals surface area contributed by atoms with Crippen molar-refractivity contribution in [2.75, 3.05) is 0 Å². The van der Waals surface area contributed by atoms with Crippen LogP contribution in [0.2, 0.25) is 0 Å². The Morgan fingerprint density at radius 2 is 1.91 bits per heavy atom. The monoisotopic (exact) mass is 152 g/mol. The number of hydrogen-bond donors (Lipinski definition) is 0. The molecule has 0 N–H and O–H groups in total. The average Bonchev–Trinajstić information content (AvgIpc) is 2.03. The molecule has 0 aromatic carbocycles. The summed E-state index contributed by atoms with van der Waals surface area (Å²) in [7, 11) is 0. The van der Waals surface area contributed by atoms with E-state index in [2.05, 4.69) is 38.2 Å². The van der Waals surface area contributed by atoms with Crippen molar-refractivity contribution in [1.29, 1.82) is 0 Å². The molecule has 0 spiro atoms. The zero-order valence-electron chi connectivity index (χ0n) is 8.01. The van der Waals surface area contributed by atoms with Crippen LogP contribution in [-0.2, 0) is 0 Å². The van der Waals surface area contributed by atoms with Gasteiger partial charge in [-0.2, -0.15) is 0 Å². The molecule has 1 unspecified atom stereocenters. The van der Waals surface area contributed by atoms with Crippen molar-refractivity contribution in [2.45, 2.75) is 40.0 Å². The van der Waals surface area contributed by atoms with Crippen LogP contribution in [0.1, 0.15) is 40.0 Å². The van der Waals surface area contributed by atoms with Crippen LogP contribution in [0.4, 0.5) is 0 Å². The van der Waals surface area contributed by atoms with Crippen LogP contribution >= 0.6 is 0 Å². The van der Waals surface area contributed by atoms with Crippen LogP contribution in [-0.4, -0.2) is 0 Å². The minimum Gasteiger partial charge on any atom is -0.0877 e. The Morgan fingerprint density at radius 1 is 1.18 bits per heavy atom. The summed E-state index contributed by atoms with van der Waals surface area (Å²) in [6.45, 7) is 6.54. The summed E-state index contributed by atoms with van der Waals surface area (Å²) in [5.41, 5.74) is 0. The fourth-order valence-corrected chi connectivity index (χ4v) is 1.14. The Kier molecular flexibility index (Phi) is 7.23. The highest BCUT2D eigenvalue weighted by atomic mass is 14.0. The second-order valence-corrected chi connectivity index (χ2v) is 2.87. The second kappa shape index (κ2) is 7.59. The maximum atomic E-state index is 2.31. The van der Waals surface area contributed by atoms with Gasteiger partial charge in [0.1, 0.15) is 0 Å². The molecule has 0 heterocycles. The molecule has 0 aromatic heterocycles. The Balaban J connectivity index is 3.66. The molecule has 0 fully saturated rings. The van der Waals surface area contributed by atoms with Crippen molar-refractivity contribution in [3.8, 4) is 0 Å². The maximum absolute atomic E-state index is 2.31. The second-order valence-electron chi connectivity index (χ2n) is 2.87. The average molecular weight is 152 g/mol. The van der Waals surface area contributed by atoms with E-state index in [1.165, 1.54) is 19.3 Å². The van der Waals surface area contributed by atoms with Crippen LogP contribution in [0.3, 0.4) is 0 Å². The SMILES string of the molecule is CC=CC=CC(CC)CCC. The van der Waals surface area contributed by atoms with Gasteiger partial charge in [0.05, 0.1) is 0 Å². The quantitative estimate of drug-likeness (QED) is 0.523. The van der Waals surface area contributed by atoms with E-state index in [0.29, 0.717) is 0 Å². The van der Waals surface area contributed by atoms with Gasteiger partial charge < -0.3 is 0 Å². The molecule has 1 atom stereocenters. The maximum Gasteiger partial charge on any atom is -0.0233 e. The highest BCUT2D eigenvalue weighted by molar-refractivity contribution is 5.02. The number of hydrogen-bond acceptors (Lipinski definition) is 0. The molecule has 64 valence electrons. The molecule has 0 heteroatoms. The fraction of sp³-hybridized carbons (Fsp3) is 0.636. The lowest BCUT2D eigenvalue weighted by Crippen LogP contribution is -1.91. The Labute approximate surface area is 71.0 Å². The fourth-order valence-electron chi connectivity index (χ4n) is 1.14. The van der Waals surface area contributed by atoms with Crippen molar-refractivity contribution < 1.29 is 0 Å². The Bertz CT molecular complexity index is 120. The Morgan fingerprint density at radius 3 is 2.36 bits per heavy atom. The molecule has 0 saturated carbocycles. The van der Waals surface area contributed by atoms with E-state index in [0.717, 1.165) is 5.92 Å². The molecule has 0 saturated heterocycles. The van der Waals surface area contributed by atoms with E-state index in [1.807, 2.05) is 6.92 Å². The number of allylic oxidation sites excluding steroid dienone is 4. The van der Waals surface area contributed by atoms with Crippen molar-refractivity contribution in [3.63, 3.8) is 0 Å². The van der Waals surface area contributed by atoms with Crippen molar-refractivity contribution >= 4 is 0 Å². The normalized spacial score (nSPS) is 14.8. The first-order valence-electron chi connectivity index (χ1n) is 4.64. The van der Waals surface area contributed by atoms with Crippen molar-refractivity contribution in [1.82, 2.24) is 0 Å². The Hall–Kier alpha value is -0.520. The minimum atomic E-state index is 0.788. The molecule has 11 heavy (non-hydrogen) atoms. The van der Waals surface area contributed by atoms with E-state index in [-0.39, 0.29) is 0 Å². The summed E-state index contributed by atoms with van der Waals surface area (Å²) in [6, 6.07) is 0. The molecular weight excluding hydrogens is 132 g/mol. The summed E-state index contributed by atoms with van der Waals surface area (Å²) < 4.78 is 0. The summed E-state index contributed by atoms with van der Waals surface area (Å²) >= 11 is 0. The van der Waals surface area contributed by atoms with Crippen LogP contribution in [0, 0.1) is 5.92 Å². The lowest BCUT2D eigenvalue weighted by atomic mass is 10.0. The van der Waals surface area contributed by atoms with Gasteiger partial charge in [-0.25, -0.2) is 0 Å². The van der Waals surface area contributed by atoms with Gasteiger partial charge >= 0.3 is 0 Å². The largest absolute Gasteiger partial charge is 0.0877 e. The third-order valence-electron chi connectivity index (χ3n) is 1.87. The topological polar surface area (TPSA) is 0 Å². The van der Waals surface area contributed by atoms with E-state index >= 15 is 0 Å². The van der Waals surface area contributed by atoms with E-state index in [4.69, 9.17) is 0 Å². The van der Waals surface area contributed by atoms with Gasteiger partial charge in [-0.15, -0.1) is 0 Å². The van der Waals surface area contributed by atoms with Gasteiger partial charge in [-0.1, -0.05) is 44.6 Å². The zero-order chi connectivity index (χ0) is 8.53. The molecule has 0 radical (unpaired) electrons. The van der Waals surface area contributed by atoms with Crippen LogP contribution in [0.25, 0.3) is 0 Å². The van der Waals surface area contributed by atoms with E-state index < -0.39 is 0 Å². The van der Waals surface area contributed by atoms with Gasteiger partial charge in [-0.3, -0.25) is 0 Å². The zero-order valence-corrected chi connectivity index (χ0v) is 8.01. The van der Waals surface area contributed by atoms with Gasteiger partial charge in [0.2, 0.25) is 0 Å². The predicted octanol–water partition coefficient (Wildman–Crippen LogP) is 3.95. The molecular formula is C11H20. The van der Waals surface area contributed by atoms with Crippen molar-refractivity contribution in [2.24, 2.45) is 5.92 Å². The van der Waals surface area contributed by atoms with E-state index in [1.54, 1.807) is 0 Å². The number of rotatable bonds is 5. The third kappa shape index (κ3) is 5.90. The first-order valence-corrected chi connectivity index (χ1v) is 4.64. The molecule has 0 amide bonds.